The van der Waals surface area contributed by atoms with E-state index in [9.17, 15) is 0 Å². The summed E-state index contributed by atoms with van der Waals surface area (Å²) in [6.45, 7) is 0. The number of hydrogen-bond donors (Lipinski definition) is 0. The van der Waals surface area contributed by atoms with Crippen LogP contribution in [0.15, 0.2) is 134 Å². The molecule has 0 radical (unpaired) electrons. The molecule has 0 saturated carbocycles. The van der Waals surface area contributed by atoms with Crippen LogP contribution in [0.2, 0.25) is 0 Å². The van der Waals surface area contributed by atoms with Gasteiger partial charge < -0.3 is 0 Å². The van der Waals surface area contributed by atoms with Crippen LogP contribution in [0.5, 0.6) is 0 Å². The standard InChI is InChI=1S/C36H22N6/c1-2-7-24(8-3-1)32-28-9-4-5-10-30(28)41-35(42-32)27-15-11-23(12-16-27)29-19-17-25-13-14-26-18-20-31(36-37-21-6-22-38-36)40-34(26)33(25)39-29/h1-22H. The van der Waals surface area contributed by atoms with E-state index in [4.69, 9.17) is 19.9 Å². The Hall–Kier alpha value is -5.88. The number of pyridine rings is 2. The van der Waals surface area contributed by atoms with E-state index in [-0.39, 0.29) is 0 Å². The summed E-state index contributed by atoms with van der Waals surface area (Å²) in [7, 11) is 0. The first-order valence-corrected chi connectivity index (χ1v) is 13.7. The van der Waals surface area contributed by atoms with E-state index in [1.165, 1.54) is 0 Å². The third kappa shape index (κ3) is 4.22. The normalized spacial score (nSPS) is 11.3. The summed E-state index contributed by atoms with van der Waals surface area (Å²) in [6, 6.07) is 40.8. The number of aromatic nitrogens is 6. The molecule has 0 unspecified atom stereocenters. The minimum atomic E-state index is 0.592. The van der Waals surface area contributed by atoms with Gasteiger partial charge in [0.2, 0.25) is 0 Å². The van der Waals surface area contributed by atoms with Crippen molar-refractivity contribution in [3.05, 3.63) is 134 Å². The van der Waals surface area contributed by atoms with Crippen LogP contribution in [0.3, 0.4) is 0 Å². The Kier molecular flexibility index (Phi) is 5.67. The van der Waals surface area contributed by atoms with Crippen molar-refractivity contribution < 1.29 is 0 Å². The Labute approximate surface area is 241 Å². The van der Waals surface area contributed by atoms with Crippen molar-refractivity contribution in [1.29, 1.82) is 0 Å². The molecule has 0 amide bonds. The molecule has 0 aliphatic carbocycles. The fourth-order valence-corrected chi connectivity index (χ4v) is 5.30. The van der Waals surface area contributed by atoms with Crippen LogP contribution in [-0.2, 0) is 0 Å². The molecule has 4 aromatic carbocycles. The zero-order valence-electron chi connectivity index (χ0n) is 22.4. The summed E-state index contributed by atoms with van der Waals surface area (Å²) in [5, 5.41) is 3.08. The molecule has 0 saturated heterocycles. The van der Waals surface area contributed by atoms with Gasteiger partial charge in [-0.05, 0) is 24.3 Å². The zero-order valence-corrected chi connectivity index (χ0v) is 22.4. The Morgan fingerprint density at radius 2 is 1.00 bits per heavy atom. The van der Waals surface area contributed by atoms with Crippen molar-refractivity contribution in [3.8, 4) is 45.4 Å². The maximum atomic E-state index is 5.07. The predicted molar refractivity (Wildman–Crippen MR) is 167 cm³/mol. The molecule has 0 atom stereocenters. The van der Waals surface area contributed by atoms with Gasteiger partial charge in [0.15, 0.2) is 11.6 Å². The number of benzene rings is 4. The topological polar surface area (TPSA) is 77.3 Å². The highest BCUT2D eigenvalue weighted by Gasteiger charge is 2.13. The largest absolute Gasteiger partial charge is 0.245 e. The Balaban J connectivity index is 1.20. The lowest BCUT2D eigenvalue weighted by Crippen LogP contribution is -1.95. The number of fused-ring (bicyclic) bond motifs is 4. The first-order chi connectivity index (χ1) is 20.8. The third-order valence-corrected chi connectivity index (χ3v) is 7.40. The predicted octanol–water partition coefficient (Wildman–Crippen LogP) is 8.18. The lowest BCUT2D eigenvalue weighted by atomic mass is 10.0. The van der Waals surface area contributed by atoms with Gasteiger partial charge in [0.25, 0.3) is 0 Å². The summed E-state index contributed by atoms with van der Waals surface area (Å²) >= 11 is 0. The summed E-state index contributed by atoms with van der Waals surface area (Å²) < 4.78 is 0. The molecule has 0 fully saturated rings. The Bertz CT molecular complexity index is 2230. The second-order valence-electron chi connectivity index (χ2n) is 10.0. The summed E-state index contributed by atoms with van der Waals surface area (Å²) in [5.41, 5.74) is 8.12. The Morgan fingerprint density at radius 3 is 1.76 bits per heavy atom. The molecule has 0 aliphatic rings. The molecule has 4 heterocycles. The number of rotatable bonds is 4. The fraction of sp³-hybridized carbons (Fsp3) is 0. The van der Waals surface area contributed by atoms with Crippen molar-refractivity contribution in [3.63, 3.8) is 0 Å². The van der Waals surface area contributed by atoms with E-state index in [1.54, 1.807) is 18.5 Å². The van der Waals surface area contributed by atoms with Gasteiger partial charge in [-0.25, -0.2) is 29.9 Å². The van der Waals surface area contributed by atoms with Crippen LogP contribution >= 0.6 is 0 Å². The third-order valence-electron chi connectivity index (χ3n) is 7.40. The second kappa shape index (κ2) is 9.94. The first kappa shape index (κ1) is 24.0. The molecule has 196 valence electrons. The lowest BCUT2D eigenvalue weighted by Gasteiger charge is -2.10. The Morgan fingerprint density at radius 1 is 0.381 bits per heavy atom. The average Bonchev–Trinajstić information content (AvgIpc) is 3.08. The number of hydrogen-bond acceptors (Lipinski definition) is 6. The monoisotopic (exact) mass is 538 g/mol. The molecule has 0 N–H and O–H groups in total. The van der Waals surface area contributed by atoms with Gasteiger partial charge in [-0.2, -0.15) is 0 Å². The molecule has 4 aromatic heterocycles. The van der Waals surface area contributed by atoms with Gasteiger partial charge in [-0.1, -0.05) is 97.1 Å². The van der Waals surface area contributed by atoms with Gasteiger partial charge in [0.1, 0.15) is 5.69 Å². The minimum Gasteiger partial charge on any atom is -0.245 e. The molecular weight excluding hydrogens is 516 g/mol. The maximum absolute atomic E-state index is 5.07. The van der Waals surface area contributed by atoms with Crippen LogP contribution in [0, 0.1) is 0 Å². The quantitative estimate of drug-likeness (QED) is 0.210. The van der Waals surface area contributed by atoms with Crippen molar-refractivity contribution in [1.82, 2.24) is 29.9 Å². The molecular formula is C36H22N6. The van der Waals surface area contributed by atoms with E-state index in [1.807, 2.05) is 54.6 Å². The van der Waals surface area contributed by atoms with Gasteiger partial charge in [-0.3, -0.25) is 0 Å². The van der Waals surface area contributed by atoms with Crippen molar-refractivity contribution in [2.45, 2.75) is 0 Å². The van der Waals surface area contributed by atoms with Gasteiger partial charge in [-0.15, -0.1) is 0 Å². The van der Waals surface area contributed by atoms with E-state index < -0.39 is 0 Å². The maximum Gasteiger partial charge on any atom is 0.178 e. The molecule has 0 aliphatic heterocycles. The van der Waals surface area contributed by atoms with Crippen molar-refractivity contribution in [2.24, 2.45) is 0 Å². The highest BCUT2D eigenvalue weighted by atomic mass is 14.9. The molecule has 0 bridgehead atoms. The number of para-hydroxylation sites is 1. The van der Waals surface area contributed by atoms with Crippen LogP contribution in [0.4, 0.5) is 0 Å². The second-order valence-corrected chi connectivity index (χ2v) is 10.0. The smallest absolute Gasteiger partial charge is 0.178 e. The van der Waals surface area contributed by atoms with Crippen LogP contribution < -0.4 is 0 Å². The van der Waals surface area contributed by atoms with Crippen LogP contribution in [-0.4, -0.2) is 29.9 Å². The van der Waals surface area contributed by atoms with E-state index in [0.717, 1.165) is 66.5 Å². The van der Waals surface area contributed by atoms with Crippen molar-refractivity contribution in [2.75, 3.05) is 0 Å². The van der Waals surface area contributed by atoms with E-state index in [2.05, 4.69) is 70.6 Å². The number of nitrogens with zero attached hydrogens (tertiary/aromatic N) is 6. The zero-order chi connectivity index (χ0) is 27.9. The summed E-state index contributed by atoms with van der Waals surface area (Å²) in [6.07, 6.45) is 3.45. The van der Waals surface area contributed by atoms with Crippen LogP contribution in [0.25, 0.3) is 78.1 Å². The van der Waals surface area contributed by atoms with E-state index >= 15 is 0 Å². The molecule has 42 heavy (non-hydrogen) atoms. The van der Waals surface area contributed by atoms with Gasteiger partial charge >= 0.3 is 0 Å². The molecule has 6 heteroatoms. The highest BCUT2D eigenvalue weighted by molar-refractivity contribution is 6.04. The molecule has 0 spiro atoms. The average molecular weight is 539 g/mol. The van der Waals surface area contributed by atoms with Gasteiger partial charge in [0.05, 0.1) is 27.9 Å². The first-order valence-electron chi connectivity index (χ1n) is 13.7. The minimum absolute atomic E-state index is 0.592. The highest BCUT2D eigenvalue weighted by Crippen LogP contribution is 2.31. The molecule has 8 aromatic rings. The molecule has 6 nitrogen and oxygen atoms in total. The van der Waals surface area contributed by atoms with Gasteiger partial charge in [0, 0.05) is 45.2 Å². The lowest BCUT2D eigenvalue weighted by molar-refractivity contribution is 1.15. The SMILES string of the molecule is c1ccc(-c2nc(-c3ccc(-c4ccc5ccc6ccc(-c7ncccn7)nc6c5n4)cc3)nc3ccccc23)cc1. The fourth-order valence-electron chi connectivity index (χ4n) is 5.30. The summed E-state index contributed by atoms with van der Waals surface area (Å²) in [4.78, 5) is 28.6. The van der Waals surface area contributed by atoms with Crippen LogP contribution in [0.1, 0.15) is 0 Å². The molecule has 8 rings (SSSR count). The van der Waals surface area contributed by atoms with E-state index in [0.29, 0.717) is 11.6 Å². The van der Waals surface area contributed by atoms with Crippen molar-refractivity contribution >= 4 is 32.7 Å². The summed E-state index contributed by atoms with van der Waals surface area (Å²) in [5.74, 6) is 1.28.